The molecule has 0 bridgehead atoms. The van der Waals surface area contributed by atoms with Crippen molar-refractivity contribution in [3.8, 4) is 22.6 Å². The van der Waals surface area contributed by atoms with Crippen molar-refractivity contribution in [1.82, 2.24) is 5.32 Å². The van der Waals surface area contributed by atoms with Gasteiger partial charge in [0, 0.05) is 21.8 Å². The predicted molar refractivity (Wildman–Crippen MR) is 128 cm³/mol. The first-order valence-electron chi connectivity index (χ1n) is 9.71. The fourth-order valence-electron chi connectivity index (χ4n) is 3.18. The van der Waals surface area contributed by atoms with Gasteiger partial charge in [0.15, 0.2) is 10.9 Å². The molecule has 2 heterocycles. The molecular formula is C24H19ClN2O4S. The minimum atomic E-state index is -0.455. The quantitative estimate of drug-likeness (QED) is 0.323. The number of nitrogens with one attached hydrogen (secondary N) is 2. The molecule has 0 atom stereocenters. The standard InChI is InChI=1S/C24H19ClN2O4S/c1-14-12-17(6-8-19(14)21-9-7-18(13-28)30-21)26-24(32)27-23(29)22-11-10-20(31-22)15-2-4-16(25)5-3-15/h2-12,28H,13H2,1H3,(H2,26,27,29,32). The molecule has 0 unspecified atom stereocenters. The number of hydrogen-bond donors (Lipinski definition) is 3. The molecule has 3 N–H and O–H groups in total. The third kappa shape index (κ3) is 4.91. The van der Waals surface area contributed by atoms with Crippen LogP contribution in [0.5, 0.6) is 0 Å². The molecule has 0 spiro atoms. The lowest BCUT2D eigenvalue weighted by atomic mass is 10.1. The number of furan rings is 2. The van der Waals surface area contributed by atoms with Gasteiger partial charge >= 0.3 is 0 Å². The van der Waals surface area contributed by atoms with E-state index in [1.54, 1.807) is 30.3 Å². The highest BCUT2D eigenvalue weighted by Crippen LogP contribution is 2.28. The Hall–Kier alpha value is -3.39. The molecule has 0 fully saturated rings. The molecule has 2 aromatic heterocycles. The van der Waals surface area contributed by atoms with Crippen molar-refractivity contribution in [2.45, 2.75) is 13.5 Å². The van der Waals surface area contributed by atoms with Crippen molar-refractivity contribution in [2.24, 2.45) is 0 Å². The maximum atomic E-state index is 12.5. The molecule has 0 aliphatic heterocycles. The van der Waals surface area contributed by atoms with Crippen LogP contribution in [0.25, 0.3) is 22.6 Å². The number of aliphatic hydroxyl groups is 1. The van der Waals surface area contributed by atoms with Crippen molar-refractivity contribution in [3.63, 3.8) is 0 Å². The Kier molecular flexibility index (Phi) is 6.41. The van der Waals surface area contributed by atoms with Crippen molar-refractivity contribution < 1.29 is 18.7 Å². The molecule has 2 aromatic carbocycles. The molecular weight excluding hydrogens is 448 g/mol. The maximum Gasteiger partial charge on any atom is 0.293 e. The number of amides is 1. The zero-order chi connectivity index (χ0) is 22.7. The summed E-state index contributed by atoms with van der Waals surface area (Å²) in [6, 6.07) is 19.6. The van der Waals surface area contributed by atoms with Crippen LogP contribution in [-0.2, 0) is 6.61 Å². The van der Waals surface area contributed by atoms with E-state index in [-0.39, 0.29) is 17.5 Å². The van der Waals surface area contributed by atoms with Crippen LogP contribution in [0.4, 0.5) is 5.69 Å². The Balaban J connectivity index is 1.40. The third-order valence-corrected chi connectivity index (χ3v) is 5.21. The number of thiocarbonyl (C=S) groups is 1. The Bertz CT molecular complexity index is 1280. The number of halogens is 1. The molecule has 0 saturated heterocycles. The fourth-order valence-corrected chi connectivity index (χ4v) is 3.52. The molecule has 6 nitrogen and oxygen atoms in total. The van der Waals surface area contributed by atoms with Gasteiger partial charge in [-0.2, -0.15) is 0 Å². The summed E-state index contributed by atoms with van der Waals surface area (Å²) in [5.41, 5.74) is 3.37. The molecule has 4 aromatic rings. The van der Waals surface area contributed by atoms with Crippen molar-refractivity contribution in [1.29, 1.82) is 0 Å². The minimum Gasteiger partial charge on any atom is -0.459 e. The summed E-state index contributed by atoms with van der Waals surface area (Å²) >= 11 is 11.2. The highest BCUT2D eigenvalue weighted by atomic mass is 35.5. The molecule has 32 heavy (non-hydrogen) atoms. The number of anilines is 1. The Morgan fingerprint density at radius 3 is 2.44 bits per heavy atom. The van der Waals surface area contributed by atoms with Gasteiger partial charge in [-0.1, -0.05) is 11.6 Å². The summed E-state index contributed by atoms with van der Waals surface area (Å²) in [4.78, 5) is 12.5. The summed E-state index contributed by atoms with van der Waals surface area (Å²) in [5, 5.41) is 15.5. The maximum absolute atomic E-state index is 12.5. The van der Waals surface area contributed by atoms with Gasteiger partial charge in [-0.05, 0) is 91.4 Å². The average Bonchev–Trinajstić information content (AvgIpc) is 3.44. The van der Waals surface area contributed by atoms with E-state index in [1.807, 2.05) is 43.3 Å². The van der Waals surface area contributed by atoms with Crippen LogP contribution in [0.3, 0.4) is 0 Å². The van der Waals surface area contributed by atoms with Crippen molar-refractivity contribution >= 4 is 40.5 Å². The number of benzene rings is 2. The van der Waals surface area contributed by atoms with Gasteiger partial charge in [0.25, 0.3) is 5.91 Å². The smallest absolute Gasteiger partial charge is 0.293 e. The van der Waals surface area contributed by atoms with E-state index in [2.05, 4.69) is 10.6 Å². The van der Waals surface area contributed by atoms with Crippen LogP contribution in [-0.4, -0.2) is 16.1 Å². The largest absolute Gasteiger partial charge is 0.459 e. The van der Waals surface area contributed by atoms with Crippen molar-refractivity contribution in [3.05, 3.63) is 88.8 Å². The topological polar surface area (TPSA) is 87.6 Å². The summed E-state index contributed by atoms with van der Waals surface area (Å²) in [6.45, 7) is 1.79. The number of rotatable bonds is 5. The first-order valence-corrected chi connectivity index (χ1v) is 10.5. The lowest BCUT2D eigenvalue weighted by Crippen LogP contribution is -2.33. The summed E-state index contributed by atoms with van der Waals surface area (Å²) in [7, 11) is 0. The van der Waals surface area contributed by atoms with E-state index < -0.39 is 5.91 Å². The van der Waals surface area contributed by atoms with Crippen LogP contribution < -0.4 is 10.6 Å². The molecule has 1 amide bonds. The van der Waals surface area contributed by atoms with E-state index in [0.717, 1.165) is 16.7 Å². The van der Waals surface area contributed by atoms with Crippen molar-refractivity contribution in [2.75, 3.05) is 5.32 Å². The van der Waals surface area contributed by atoms with Crippen LogP contribution >= 0.6 is 23.8 Å². The zero-order valence-corrected chi connectivity index (χ0v) is 18.6. The van der Waals surface area contributed by atoms with Gasteiger partial charge in [-0.3, -0.25) is 10.1 Å². The fraction of sp³-hybridized carbons (Fsp3) is 0.0833. The molecule has 4 rings (SSSR count). The van der Waals surface area contributed by atoms with E-state index in [0.29, 0.717) is 28.0 Å². The highest BCUT2D eigenvalue weighted by Gasteiger charge is 2.14. The third-order valence-electron chi connectivity index (χ3n) is 4.75. The lowest BCUT2D eigenvalue weighted by molar-refractivity contribution is 0.0951. The average molecular weight is 467 g/mol. The Labute approximate surface area is 194 Å². The second kappa shape index (κ2) is 9.40. The summed E-state index contributed by atoms with van der Waals surface area (Å²) < 4.78 is 11.2. The Morgan fingerprint density at radius 1 is 1.00 bits per heavy atom. The van der Waals surface area contributed by atoms with Crippen LogP contribution in [0, 0.1) is 6.92 Å². The normalized spacial score (nSPS) is 10.7. The number of carbonyl (C=O) groups is 1. The first-order chi connectivity index (χ1) is 15.4. The van der Waals surface area contributed by atoms with Gasteiger partial charge in [0.2, 0.25) is 0 Å². The second-order valence-electron chi connectivity index (χ2n) is 7.03. The number of carbonyl (C=O) groups excluding carboxylic acids is 1. The highest BCUT2D eigenvalue weighted by molar-refractivity contribution is 7.80. The molecule has 162 valence electrons. The van der Waals surface area contributed by atoms with Gasteiger partial charge in [-0.25, -0.2) is 0 Å². The number of aliphatic hydroxyl groups excluding tert-OH is 1. The lowest BCUT2D eigenvalue weighted by Gasteiger charge is -2.11. The number of aryl methyl sites for hydroxylation is 1. The molecule has 0 aliphatic carbocycles. The van der Waals surface area contributed by atoms with Crippen LogP contribution in [0.2, 0.25) is 5.02 Å². The van der Waals surface area contributed by atoms with E-state index >= 15 is 0 Å². The Morgan fingerprint density at radius 2 is 1.75 bits per heavy atom. The van der Waals surface area contributed by atoms with Gasteiger partial charge in [0.1, 0.15) is 23.9 Å². The van der Waals surface area contributed by atoms with Gasteiger partial charge in [0.05, 0.1) is 0 Å². The monoisotopic (exact) mass is 466 g/mol. The SMILES string of the molecule is Cc1cc(NC(=S)NC(=O)c2ccc(-c3ccc(Cl)cc3)o2)ccc1-c1ccc(CO)o1. The predicted octanol–water partition coefficient (Wildman–Crippen LogP) is 5.79. The van der Waals surface area contributed by atoms with E-state index in [4.69, 9.17) is 37.8 Å². The molecule has 0 aliphatic rings. The van der Waals surface area contributed by atoms with Crippen LogP contribution in [0.1, 0.15) is 21.9 Å². The number of hydrogen-bond acceptors (Lipinski definition) is 5. The van der Waals surface area contributed by atoms with Gasteiger partial charge in [-0.15, -0.1) is 0 Å². The second-order valence-corrected chi connectivity index (χ2v) is 7.88. The summed E-state index contributed by atoms with van der Waals surface area (Å²) in [6.07, 6.45) is 0. The van der Waals surface area contributed by atoms with E-state index in [1.165, 1.54) is 0 Å². The van der Waals surface area contributed by atoms with E-state index in [9.17, 15) is 4.79 Å². The van der Waals surface area contributed by atoms with Crippen LogP contribution in [0.15, 0.2) is 75.6 Å². The summed E-state index contributed by atoms with van der Waals surface area (Å²) in [5.74, 6) is 1.41. The van der Waals surface area contributed by atoms with Gasteiger partial charge < -0.3 is 19.3 Å². The first kappa shape index (κ1) is 21.8. The zero-order valence-electron chi connectivity index (χ0n) is 17.0. The molecule has 0 saturated carbocycles. The molecule has 0 radical (unpaired) electrons. The molecule has 8 heteroatoms. The minimum absolute atomic E-state index is 0.142.